The van der Waals surface area contributed by atoms with E-state index >= 15 is 0 Å². The zero-order valence-corrected chi connectivity index (χ0v) is 15.1. The van der Waals surface area contributed by atoms with E-state index in [2.05, 4.69) is 20.4 Å². The second kappa shape index (κ2) is 8.54. The van der Waals surface area contributed by atoms with Gasteiger partial charge in [-0.25, -0.2) is 4.79 Å². The first-order valence-corrected chi connectivity index (χ1v) is 9.32. The number of nitrogens with one attached hydrogen (secondary N) is 2. The molecule has 2 fully saturated rings. The quantitative estimate of drug-likeness (QED) is 0.860. The molecule has 1 aliphatic carbocycles. The first-order chi connectivity index (χ1) is 12.1. The minimum absolute atomic E-state index is 0.215. The maximum Gasteiger partial charge on any atom is 0.321 e. The highest BCUT2D eigenvalue weighted by molar-refractivity contribution is 6.33. The van der Waals surface area contributed by atoms with E-state index in [0.29, 0.717) is 0 Å². The molecule has 1 aliphatic heterocycles. The van der Waals surface area contributed by atoms with E-state index in [1.54, 1.807) is 0 Å². The molecule has 25 heavy (non-hydrogen) atoms. The lowest BCUT2D eigenvalue weighted by Crippen LogP contribution is -2.51. The number of carbonyl (C=O) groups excluding carboxylic acids is 2. The summed E-state index contributed by atoms with van der Waals surface area (Å²) in [6.07, 6.45) is 4.31. The Morgan fingerprint density at radius 2 is 1.76 bits per heavy atom. The van der Waals surface area contributed by atoms with Gasteiger partial charge in [0, 0.05) is 32.2 Å². The number of piperazine rings is 1. The van der Waals surface area contributed by atoms with Crippen LogP contribution in [0.1, 0.15) is 25.7 Å². The molecule has 3 rings (SSSR count). The Morgan fingerprint density at radius 3 is 2.44 bits per heavy atom. The Balaban J connectivity index is 1.40. The van der Waals surface area contributed by atoms with Gasteiger partial charge in [0.15, 0.2) is 0 Å². The number of hydrogen-bond acceptors (Lipinski definition) is 4. The van der Waals surface area contributed by atoms with Crippen molar-refractivity contribution < 1.29 is 9.59 Å². The molecular formula is C18H25ClN4O2. The molecule has 136 valence electrons. The van der Waals surface area contributed by atoms with Crippen molar-refractivity contribution in [1.29, 1.82) is 0 Å². The number of anilines is 1. The van der Waals surface area contributed by atoms with Gasteiger partial charge in [-0.3, -0.25) is 15.0 Å². The first kappa shape index (κ1) is 18.0. The van der Waals surface area contributed by atoms with Gasteiger partial charge in [0.1, 0.15) is 0 Å². The van der Waals surface area contributed by atoms with E-state index in [1.807, 2.05) is 24.3 Å². The summed E-state index contributed by atoms with van der Waals surface area (Å²) in [6, 6.07) is 7.64. The normalized spacial score (nSPS) is 19.0. The number of para-hydroxylation sites is 1. The first-order valence-electron chi connectivity index (χ1n) is 8.94. The van der Waals surface area contributed by atoms with Crippen molar-refractivity contribution in [3.8, 4) is 0 Å². The smallest absolute Gasteiger partial charge is 0.321 e. The number of halogens is 1. The van der Waals surface area contributed by atoms with Crippen LogP contribution in [0.25, 0.3) is 0 Å². The van der Waals surface area contributed by atoms with Gasteiger partial charge in [0.05, 0.1) is 17.3 Å². The minimum atomic E-state index is -0.369. The van der Waals surface area contributed by atoms with Crippen molar-refractivity contribution in [2.75, 3.05) is 37.6 Å². The molecule has 0 bridgehead atoms. The number of rotatable bonds is 4. The number of imide groups is 1. The molecule has 0 aromatic heterocycles. The summed E-state index contributed by atoms with van der Waals surface area (Å²) < 4.78 is 0. The van der Waals surface area contributed by atoms with Crippen LogP contribution in [0.4, 0.5) is 10.5 Å². The molecule has 7 heteroatoms. The van der Waals surface area contributed by atoms with Gasteiger partial charge >= 0.3 is 6.03 Å². The number of carbonyl (C=O) groups is 2. The monoisotopic (exact) mass is 364 g/mol. The molecule has 0 atom stereocenters. The maximum absolute atomic E-state index is 12.1. The molecule has 2 aliphatic rings. The molecule has 0 spiro atoms. The minimum Gasteiger partial charge on any atom is -0.368 e. The maximum atomic E-state index is 12.1. The van der Waals surface area contributed by atoms with Crippen molar-refractivity contribution in [1.82, 2.24) is 15.5 Å². The molecule has 1 saturated carbocycles. The summed E-state index contributed by atoms with van der Waals surface area (Å²) in [6.45, 7) is 3.40. The number of hydrogen-bond donors (Lipinski definition) is 2. The van der Waals surface area contributed by atoms with Gasteiger partial charge in [-0.2, -0.15) is 0 Å². The van der Waals surface area contributed by atoms with Crippen LogP contribution in [0.5, 0.6) is 0 Å². The van der Waals surface area contributed by atoms with Gasteiger partial charge in [-0.1, -0.05) is 36.6 Å². The third-order valence-corrected chi connectivity index (χ3v) is 5.20. The van der Waals surface area contributed by atoms with Crippen molar-refractivity contribution in [2.45, 2.75) is 31.7 Å². The van der Waals surface area contributed by atoms with E-state index in [0.717, 1.165) is 62.6 Å². The fraction of sp³-hybridized carbons (Fsp3) is 0.556. The average Bonchev–Trinajstić information content (AvgIpc) is 3.09. The van der Waals surface area contributed by atoms with Gasteiger partial charge in [0.2, 0.25) is 5.91 Å². The van der Waals surface area contributed by atoms with Gasteiger partial charge in [0.25, 0.3) is 0 Å². The number of benzene rings is 1. The summed E-state index contributed by atoms with van der Waals surface area (Å²) >= 11 is 6.24. The third kappa shape index (κ3) is 5.09. The highest BCUT2D eigenvalue weighted by Crippen LogP contribution is 2.25. The molecule has 6 nitrogen and oxygen atoms in total. The Bertz CT molecular complexity index is 611. The molecule has 0 radical (unpaired) electrons. The van der Waals surface area contributed by atoms with Crippen LogP contribution in [-0.2, 0) is 4.79 Å². The van der Waals surface area contributed by atoms with Crippen LogP contribution in [-0.4, -0.2) is 55.6 Å². The Morgan fingerprint density at radius 1 is 1.08 bits per heavy atom. The Hall–Kier alpha value is -1.79. The zero-order chi connectivity index (χ0) is 17.6. The second-order valence-electron chi connectivity index (χ2n) is 6.72. The van der Waals surface area contributed by atoms with Crippen LogP contribution in [0.3, 0.4) is 0 Å². The molecule has 0 unspecified atom stereocenters. The number of amides is 3. The van der Waals surface area contributed by atoms with Crippen LogP contribution in [0.2, 0.25) is 5.02 Å². The molecule has 1 saturated heterocycles. The number of urea groups is 1. The average molecular weight is 365 g/mol. The lowest BCUT2D eigenvalue weighted by Gasteiger charge is -2.36. The van der Waals surface area contributed by atoms with Gasteiger partial charge < -0.3 is 10.2 Å². The van der Waals surface area contributed by atoms with E-state index in [1.165, 1.54) is 0 Å². The highest BCUT2D eigenvalue weighted by Gasteiger charge is 2.22. The predicted molar refractivity (Wildman–Crippen MR) is 99.0 cm³/mol. The SMILES string of the molecule is O=C(CN1CCN(c2ccccc2Cl)CC1)NC(=O)NC1CCCC1. The molecule has 1 aromatic rings. The van der Waals surface area contributed by atoms with Crippen molar-refractivity contribution in [2.24, 2.45) is 0 Å². The van der Waals surface area contributed by atoms with Crippen LogP contribution >= 0.6 is 11.6 Å². The van der Waals surface area contributed by atoms with E-state index < -0.39 is 0 Å². The molecular weight excluding hydrogens is 340 g/mol. The Kier molecular flexibility index (Phi) is 6.15. The lowest BCUT2D eigenvalue weighted by molar-refractivity contribution is -0.121. The standard InChI is InChI=1S/C18H25ClN4O2/c19-15-7-3-4-8-16(15)23-11-9-22(10-12-23)13-17(24)21-18(25)20-14-5-1-2-6-14/h3-4,7-8,14H,1-2,5-6,9-13H2,(H2,20,21,24,25). The van der Waals surface area contributed by atoms with E-state index in [9.17, 15) is 9.59 Å². The van der Waals surface area contributed by atoms with Gasteiger partial charge in [-0.15, -0.1) is 0 Å². The van der Waals surface area contributed by atoms with Crippen LogP contribution in [0.15, 0.2) is 24.3 Å². The zero-order valence-electron chi connectivity index (χ0n) is 14.3. The topological polar surface area (TPSA) is 64.7 Å². The van der Waals surface area contributed by atoms with Crippen molar-refractivity contribution in [3.63, 3.8) is 0 Å². The van der Waals surface area contributed by atoms with E-state index in [4.69, 9.17) is 11.6 Å². The van der Waals surface area contributed by atoms with Gasteiger partial charge in [-0.05, 0) is 25.0 Å². The largest absolute Gasteiger partial charge is 0.368 e. The van der Waals surface area contributed by atoms with Crippen molar-refractivity contribution >= 4 is 29.2 Å². The third-order valence-electron chi connectivity index (χ3n) is 4.88. The summed E-state index contributed by atoms with van der Waals surface area (Å²) in [5, 5.41) is 6.06. The molecule has 3 amide bonds. The summed E-state index contributed by atoms with van der Waals surface area (Å²) in [7, 11) is 0. The summed E-state index contributed by atoms with van der Waals surface area (Å²) in [5.74, 6) is -0.248. The fourth-order valence-electron chi connectivity index (χ4n) is 3.52. The highest BCUT2D eigenvalue weighted by atomic mass is 35.5. The lowest BCUT2D eigenvalue weighted by atomic mass is 10.2. The second-order valence-corrected chi connectivity index (χ2v) is 7.12. The van der Waals surface area contributed by atoms with Crippen LogP contribution < -0.4 is 15.5 Å². The summed E-state index contributed by atoms with van der Waals surface area (Å²) in [4.78, 5) is 28.2. The predicted octanol–water partition coefficient (Wildman–Crippen LogP) is 2.23. The molecule has 2 N–H and O–H groups in total. The fourth-order valence-corrected chi connectivity index (χ4v) is 3.77. The Labute approximate surface area is 153 Å². The van der Waals surface area contributed by atoms with Crippen molar-refractivity contribution in [3.05, 3.63) is 29.3 Å². The van der Waals surface area contributed by atoms with E-state index in [-0.39, 0.29) is 24.5 Å². The number of nitrogens with zero attached hydrogens (tertiary/aromatic N) is 2. The van der Waals surface area contributed by atoms with Crippen LogP contribution in [0, 0.1) is 0 Å². The molecule has 1 aromatic carbocycles. The summed E-state index contributed by atoms with van der Waals surface area (Å²) in [5.41, 5.74) is 1.03. The molecule has 1 heterocycles.